The molecule has 0 aromatic rings. The number of carbonyl (C=O) groups excluding carboxylic acids is 1. The van der Waals surface area contributed by atoms with E-state index >= 15 is 0 Å². The second-order valence-corrected chi connectivity index (χ2v) is 2.53. The summed E-state index contributed by atoms with van der Waals surface area (Å²) in [6.45, 7) is 3.01. The lowest BCUT2D eigenvalue weighted by Crippen LogP contribution is -2.12. The van der Waals surface area contributed by atoms with Crippen LogP contribution >= 0.6 is 0 Å². The number of rotatable bonds is 1. The van der Waals surface area contributed by atoms with Crippen molar-refractivity contribution >= 4 is 5.97 Å². The van der Waals surface area contributed by atoms with E-state index in [-0.39, 0.29) is 5.57 Å². The highest BCUT2D eigenvalue weighted by molar-refractivity contribution is 5.92. The molecule has 1 aliphatic heterocycles. The Morgan fingerprint density at radius 1 is 1.64 bits per heavy atom. The maximum Gasteiger partial charge on any atom is 0.339 e. The molecule has 11 heavy (non-hydrogen) atoms. The van der Waals surface area contributed by atoms with Crippen molar-refractivity contribution in [2.75, 3.05) is 0 Å². The van der Waals surface area contributed by atoms with Crippen LogP contribution in [0.4, 0.5) is 0 Å². The van der Waals surface area contributed by atoms with Crippen molar-refractivity contribution < 1.29 is 19.7 Å². The summed E-state index contributed by atoms with van der Waals surface area (Å²) in [6, 6.07) is 0. The molecule has 0 amide bonds. The van der Waals surface area contributed by atoms with Gasteiger partial charge in [-0.3, -0.25) is 0 Å². The lowest BCUT2D eigenvalue weighted by molar-refractivity contribution is -0.152. The molecule has 0 saturated heterocycles. The van der Waals surface area contributed by atoms with Crippen LogP contribution in [-0.4, -0.2) is 28.6 Å². The summed E-state index contributed by atoms with van der Waals surface area (Å²) in [6.07, 6.45) is -2.05. The largest absolute Gasteiger partial charge is 0.428 e. The normalized spacial score (nSPS) is 27.3. The molecule has 1 rings (SSSR count). The molecule has 0 radical (unpaired) electrons. The van der Waals surface area contributed by atoms with Crippen LogP contribution in [0.2, 0.25) is 0 Å². The van der Waals surface area contributed by atoms with Crippen molar-refractivity contribution in [3.05, 3.63) is 11.1 Å². The second-order valence-electron chi connectivity index (χ2n) is 2.53. The Balaban J connectivity index is 2.97. The Morgan fingerprint density at radius 2 is 2.18 bits per heavy atom. The molecule has 4 heteroatoms. The van der Waals surface area contributed by atoms with Crippen LogP contribution in [0.15, 0.2) is 11.1 Å². The van der Waals surface area contributed by atoms with Crippen LogP contribution in [0, 0.1) is 0 Å². The fraction of sp³-hybridized carbons (Fsp3) is 0.571. The van der Waals surface area contributed by atoms with Crippen molar-refractivity contribution in [2.24, 2.45) is 0 Å². The molecule has 0 aromatic carbocycles. The quantitative estimate of drug-likeness (QED) is 0.507. The Morgan fingerprint density at radius 3 is 2.36 bits per heavy atom. The Labute approximate surface area is 64.1 Å². The summed E-state index contributed by atoms with van der Waals surface area (Å²) in [4.78, 5) is 10.8. The molecule has 0 aromatic heterocycles. The van der Waals surface area contributed by atoms with Crippen LogP contribution in [0.1, 0.15) is 13.8 Å². The number of hydrogen-bond acceptors (Lipinski definition) is 4. The Kier molecular flexibility index (Phi) is 1.97. The third-order valence-electron chi connectivity index (χ3n) is 1.65. The van der Waals surface area contributed by atoms with Crippen molar-refractivity contribution in [1.82, 2.24) is 0 Å². The van der Waals surface area contributed by atoms with Gasteiger partial charge in [0, 0.05) is 5.57 Å². The van der Waals surface area contributed by atoms with E-state index in [1.807, 2.05) is 0 Å². The number of carbonyl (C=O) groups is 1. The number of aliphatic hydroxyl groups is 2. The molecule has 2 N–H and O–H groups in total. The van der Waals surface area contributed by atoms with Crippen molar-refractivity contribution in [3.63, 3.8) is 0 Å². The maximum absolute atomic E-state index is 10.8. The number of hydrogen-bond donors (Lipinski definition) is 2. The molecule has 0 bridgehead atoms. The molecule has 1 heterocycles. The van der Waals surface area contributed by atoms with Crippen LogP contribution in [0.3, 0.4) is 0 Å². The van der Waals surface area contributed by atoms with Crippen LogP contribution in [-0.2, 0) is 9.53 Å². The average Bonchev–Trinajstić information content (AvgIpc) is 2.07. The maximum atomic E-state index is 10.8. The van der Waals surface area contributed by atoms with Crippen LogP contribution in [0.25, 0.3) is 0 Å². The minimum Gasteiger partial charge on any atom is -0.428 e. The van der Waals surface area contributed by atoms with E-state index in [1.54, 1.807) is 6.92 Å². The summed E-state index contributed by atoms with van der Waals surface area (Å²) >= 11 is 0. The molecule has 0 fully saturated rings. The highest BCUT2D eigenvalue weighted by Crippen LogP contribution is 2.22. The predicted octanol–water partition coefficient (Wildman–Crippen LogP) is -0.441. The van der Waals surface area contributed by atoms with Gasteiger partial charge in [-0.15, -0.1) is 0 Å². The molecule has 2 atom stereocenters. The zero-order valence-electron chi connectivity index (χ0n) is 6.37. The third kappa shape index (κ3) is 1.27. The molecular formula is C7H10O4. The molecule has 0 aliphatic carbocycles. The summed E-state index contributed by atoms with van der Waals surface area (Å²) in [5.74, 6) is -0.634. The van der Waals surface area contributed by atoms with Crippen LogP contribution < -0.4 is 0 Å². The van der Waals surface area contributed by atoms with Gasteiger partial charge in [0.1, 0.15) is 0 Å². The van der Waals surface area contributed by atoms with Gasteiger partial charge in [0.15, 0.2) is 0 Å². The first-order valence-corrected chi connectivity index (χ1v) is 3.32. The summed E-state index contributed by atoms with van der Waals surface area (Å²) in [5.41, 5.74) is 0.558. The number of esters is 1. The first-order valence-electron chi connectivity index (χ1n) is 3.32. The van der Waals surface area contributed by atoms with Crippen LogP contribution in [0.5, 0.6) is 0 Å². The first kappa shape index (κ1) is 8.23. The minimum absolute atomic E-state index is 0.164. The highest BCUT2D eigenvalue weighted by atomic mass is 16.6. The van der Waals surface area contributed by atoms with E-state index in [1.165, 1.54) is 6.92 Å². The van der Waals surface area contributed by atoms with E-state index in [4.69, 9.17) is 10.2 Å². The van der Waals surface area contributed by atoms with E-state index in [0.717, 1.165) is 0 Å². The van der Waals surface area contributed by atoms with Gasteiger partial charge in [0.25, 0.3) is 0 Å². The second kappa shape index (κ2) is 2.64. The Bertz CT molecular complexity index is 216. The number of ether oxygens (including phenoxy) is 1. The monoisotopic (exact) mass is 158 g/mol. The van der Waals surface area contributed by atoms with Gasteiger partial charge in [0.2, 0.25) is 6.29 Å². The molecule has 1 unspecified atom stereocenters. The van der Waals surface area contributed by atoms with Crippen molar-refractivity contribution in [3.8, 4) is 0 Å². The predicted molar refractivity (Wildman–Crippen MR) is 36.5 cm³/mol. The highest BCUT2D eigenvalue weighted by Gasteiger charge is 2.32. The molecule has 0 spiro atoms. The molecule has 0 saturated carbocycles. The van der Waals surface area contributed by atoms with Gasteiger partial charge in [-0.2, -0.15) is 0 Å². The van der Waals surface area contributed by atoms with E-state index < -0.39 is 18.4 Å². The van der Waals surface area contributed by atoms with E-state index in [0.29, 0.717) is 5.57 Å². The molecule has 4 nitrogen and oxygen atoms in total. The lowest BCUT2D eigenvalue weighted by atomic mass is 10.1. The summed E-state index contributed by atoms with van der Waals surface area (Å²) in [5, 5.41) is 18.0. The fourth-order valence-corrected chi connectivity index (χ4v) is 1.05. The van der Waals surface area contributed by atoms with E-state index in [2.05, 4.69) is 4.74 Å². The summed E-state index contributed by atoms with van der Waals surface area (Å²) < 4.78 is 4.43. The smallest absolute Gasteiger partial charge is 0.339 e. The van der Waals surface area contributed by atoms with Gasteiger partial charge in [-0.05, 0) is 13.8 Å². The zero-order chi connectivity index (χ0) is 8.59. The van der Waals surface area contributed by atoms with Gasteiger partial charge in [-0.1, -0.05) is 0 Å². The molecular weight excluding hydrogens is 148 g/mol. The fourth-order valence-electron chi connectivity index (χ4n) is 1.05. The first-order chi connectivity index (χ1) is 5.04. The molecule has 1 aliphatic rings. The number of cyclic esters (lactones) is 1. The molecule has 62 valence electrons. The minimum atomic E-state index is -1.17. The van der Waals surface area contributed by atoms with Crippen molar-refractivity contribution in [2.45, 2.75) is 26.2 Å². The topological polar surface area (TPSA) is 66.8 Å². The lowest BCUT2D eigenvalue weighted by Gasteiger charge is -2.01. The van der Waals surface area contributed by atoms with E-state index in [9.17, 15) is 4.79 Å². The SMILES string of the molecule is CC1=C([C@@H](C)O)C(=O)OC1O. The third-order valence-corrected chi connectivity index (χ3v) is 1.65. The Hall–Kier alpha value is -0.870. The van der Waals surface area contributed by atoms with Gasteiger partial charge in [0.05, 0.1) is 11.7 Å². The van der Waals surface area contributed by atoms with Gasteiger partial charge >= 0.3 is 5.97 Å². The van der Waals surface area contributed by atoms with Crippen molar-refractivity contribution in [1.29, 1.82) is 0 Å². The van der Waals surface area contributed by atoms with Gasteiger partial charge in [-0.25, -0.2) is 4.79 Å². The number of aliphatic hydroxyl groups excluding tert-OH is 2. The average molecular weight is 158 g/mol. The van der Waals surface area contributed by atoms with Gasteiger partial charge < -0.3 is 14.9 Å². The zero-order valence-corrected chi connectivity index (χ0v) is 6.37. The summed E-state index contributed by atoms with van der Waals surface area (Å²) in [7, 11) is 0. The standard InChI is InChI=1S/C7H10O4/c1-3-5(4(2)8)7(10)11-6(3)9/h4,6,8-9H,1-2H3/t4-,6?/m1/s1.